The average Bonchev–Trinajstić information content (AvgIpc) is 3.26. The van der Waals surface area contributed by atoms with E-state index in [9.17, 15) is 0 Å². The van der Waals surface area contributed by atoms with Gasteiger partial charge in [0.25, 0.3) is 0 Å². The second-order valence-electron chi connectivity index (χ2n) is 6.56. The molecule has 0 radical (unpaired) electrons. The van der Waals surface area contributed by atoms with E-state index < -0.39 is 0 Å². The molecule has 6 nitrogen and oxygen atoms in total. The lowest BCUT2D eigenvalue weighted by molar-refractivity contribution is 0.171. The molecule has 4 rings (SSSR count). The molecule has 0 unspecified atom stereocenters. The molecule has 30 heavy (non-hydrogen) atoms. The number of halogens is 2. The number of benzene rings is 2. The molecule has 0 saturated carbocycles. The van der Waals surface area contributed by atoms with Crippen LogP contribution in [0.1, 0.15) is 16.9 Å². The number of fused-ring (bicyclic) bond motifs is 1. The molecule has 0 saturated heterocycles. The number of methoxy groups -OCH3 is 1. The largest absolute Gasteiger partial charge is 0.493 e. The van der Waals surface area contributed by atoms with Crippen molar-refractivity contribution in [2.75, 3.05) is 20.3 Å². The van der Waals surface area contributed by atoms with Gasteiger partial charge in [0, 0.05) is 6.54 Å². The monoisotopic (exact) mass is 495 g/mol. The number of nitrogens with one attached hydrogen (secondary N) is 1. The predicted molar refractivity (Wildman–Crippen MR) is 119 cm³/mol. The molecule has 0 fully saturated rings. The summed E-state index contributed by atoms with van der Waals surface area (Å²) in [4.78, 5) is 0. The summed E-state index contributed by atoms with van der Waals surface area (Å²) in [6.45, 7) is 2.87. The summed E-state index contributed by atoms with van der Waals surface area (Å²) in [5.74, 6) is 3.76. The Hall–Kier alpha value is -2.35. The van der Waals surface area contributed by atoms with Crippen molar-refractivity contribution in [2.24, 2.45) is 0 Å². The highest BCUT2D eigenvalue weighted by molar-refractivity contribution is 9.10. The minimum Gasteiger partial charge on any atom is -0.493 e. The van der Waals surface area contributed by atoms with Gasteiger partial charge < -0.3 is 28.7 Å². The van der Waals surface area contributed by atoms with Crippen LogP contribution in [0.4, 0.5) is 0 Å². The van der Waals surface area contributed by atoms with Crippen molar-refractivity contribution in [1.29, 1.82) is 0 Å². The van der Waals surface area contributed by atoms with Crippen molar-refractivity contribution in [3.05, 3.63) is 70.1 Å². The van der Waals surface area contributed by atoms with E-state index in [4.69, 9.17) is 23.4 Å². The zero-order valence-electron chi connectivity index (χ0n) is 16.5. The van der Waals surface area contributed by atoms with Gasteiger partial charge in [-0.3, -0.25) is 0 Å². The van der Waals surface area contributed by atoms with Gasteiger partial charge in [-0.2, -0.15) is 0 Å². The Morgan fingerprint density at radius 1 is 1.00 bits per heavy atom. The Bertz CT molecular complexity index is 964. The third kappa shape index (κ3) is 5.41. The van der Waals surface area contributed by atoms with Crippen molar-refractivity contribution >= 4 is 28.3 Å². The average molecular weight is 497 g/mol. The van der Waals surface area contributed by atoms with Crippen LogP contribution in [-0.4, -0.2) is 20.3 Å². The molecular weight excluding hydrogens is 474 g/mol. The number of furan rings is 1. The molecule has 0 bridgehead atoms. The predicted octanol–water partition coefficient (Wildman–Crippen LogP) is 5.11. The fraction of sp³-hybridized carbons (Fsp3) is 0.273. The van der Waals surface area contributed by atoms with Gasteiger partial charge in [-0.1, -0.05) is 6.07 Å². The van der Waals surface area contributed by atoms with E-state index in [-0.39, 0.29) is 12.4 Å². The molecule has 3 aromatic rings. The maximum absolute atomic E-state index is 6.05. The summed E-state index contributed by atoms with van der Waals surface area (Å²) in [7, 11) is 1.64. The summed E-state index contributed by atoms with van der Waals surface area (Å²) in [5, 5.41) is 3.35. The molecule has 0 spiro atoms. The zero-order chi connectivity index (χ0) is 20.1. The molecule has 160 valence electrons. The van der Waals surface area contributed by atoms with Crippen LogP contribution in [0.25, 0.3) is 0 Å². The van der Waals surface area contributed by atoms with Gasteiger partial charge in [0.1, 0.15) is 25.6 Å². The molecule has 0 atom stereocenters. The maximum atomic E-state index is 6.05. The quantitative estimate of drug-likeness (QED) is 0.467. The Morgan fingerprint density at radius 2 is 1.83 bits per heavy atom. The Morgan fingerprint density at radius 3 is 2.60 bits per heavy atom. The first-order valence-electron chi connectivity index (χ1n) is 9.34. The smallest absolute Gasteiger partial charge is 0.175 e. The van der Waals surface area contributed by atoms with E-state index in [1.165, 1.54) is 0 Å². The molecule has 8 heteroatoms. The number of ether oxygens (including phenoxy) is 4. The summed E-state index contributed by atoms with van der Waals surface area (Å²) in [5.41, 5.74) is 2.07. The van der Waals surface area contributed by atoms with Crippen LogP contribution >= 0.6 is 28.3 Å². The molecule has 2 aromatic carbocycles. The van der Waals surface area contributed by atoms with Gasteiger partial charge in [-0.15, -0.1) is 12.4 Å². The first-order valence-corrected chi connectivity index (χ1v) is 10.1. The van der Waals surface area contributed by atoms with Crippen molar-refractivity contribution in [1.82, 2.24) is 5.32 Å². The van der Waals surface area contributed by atoms with Gasteiger partial charge in [-0.25, -0.2) is 0 Å². The van der Waals surface area contributed by atoms with Gasteiger partial charge in [-0.05, 0) is 63.5 Å². The molecule has 2 heterocycles. The molecule has 1 aliphatic heterocycles. The van der Waals surface area contributed by atoms with Crippen molar-refractivity contribution < 1.29 is 23.4 Å². The van der Waals surface area contributed by atoms with Crippen molar-refractivity contribution in [3.63, 3.8) is 0 Å². The van der Waals surface area contributed by atoms with Crippen LogP contribution in [0.2, 0.25) is 0 Å². The van der Waals surface area contributed by atoms with Crippen molar-refractivity contribution in [2.45, 2.75) is 19.7 Å². The molecule has 1 N–H and O–H groups in total. The lowest BCUT2D eigenvalue weighted by Crippen LogP contribution is -2.15. The van der Waals surface area contributed by atoms with E-state index >= 15 is 0 Å². The Labute approximate surface area is 190 Å². The van der Waals surface area contributed by atoms with Crippen LogP contribution in [0.5, 0.6) is 23.0 Å². The number of hydrogen-bond acceptors (Lipinski definition) is 6. The number of rotatable bonds is 8. The van der Waals surface area contributed by atoms with Crippen LogP contribution in [-0.2, 0) is 19.7 Å². The van der Waals surface area contributed by atoms with E-state index in [0.717, 1.165) is 32.9 Å². The van der Waals surface area contributed by atoms with Gasteiger partial charge in [0.05, 0.1) is 24.4 Å². The zero-order valence-corrected chi connectivity index (χ0v) is 18.9. The van der Waals surface area contributed by atoms with Gasteiger partial charge in [0.2, 0.25) is 0 Å². The molecular formula is C22H23BrClNO5. The molecule has 0 amide bonds. The molecule has 0 aliphatic carbocycles. The van der Waals surface area contributed by atoms with E-state index in [1.807, 2.05) is 42.5 Å². The van der Waals surface area contributed by atoms with E-state index in [2.05, 4.69) is 21.2 Å². The second kappa shape index (κ2) is 10.6. The third-order valence-electron chi connectivity index (χ3n) is 4.49. The minimum absolute atomic E-state index is 0. The summed E-state index contributed by atoms with van der Waals surface area (Å²) < 4.78 is 29.0. The normalized spacial score (nSPS) is 12.2. The van der Waals surface area contributed by atoms with Crippen LogP contribution in [0.15, 0.2) is 57.6 Å². The topological polar surface area (TPSA) is 62.1 Å². The Balaban J connectivity index is 0.00000256. The van der Waals surface area contributed by atoms with E-state index in [1.54, 1.807) is 13.4 Å². The summed E-state index contributed by atoms with van der Waals surface area (Å²) in [6, 6.07) is 13.6. The van der Waals surface area contributed by atoms with Crippen LogP contribution < -0.4 is 24.3 Å². The van der Waals surface area contributed by atoms with Crippen LogP contribution in [0, 0.1) is 0 Å². The highest BCUT2D eigenvalue weighted by atomic mass is 79.9. The van der Waals surface area contributed by atoms with E-state index in [0.29, 0.717) is 44.4 Å². The first kappa shape index (κ1) is 22.3. The standard InChI is InChI=1S/C22H22BrNO5.ClH/c1-25-21-11-16(12-24-13-17-3-2-6-26-17)9-18(23)22(21)29-14-15-4-5-19-20(10-15)28-8-7-27-19;/h2-6,9-11,24H,7-8,12-14H2,1H3;1H. The molecule has 1 aliphatic rings. The summed E-state index contributed by atoms with van der Waals surface area (Å²) in [6.07, 6.45) is 1.67. The number of hydrogen-bond donors (Lipinski definition) is 1. The summed E-state index contributed by atoms with van der Waals surface area (Å²) >= 11 is 3.61. The van der Waals surface area contributed by atoms with Gasteiger partial charge in [0.15, 0.2) is 23.0 Å². The lowest BCUT2D eigenvalue weighted by Gasteiger charge is -2.19. The van der Waals surface area contributed by atoms with Crippen LogP contribution in [0.3, 0.4) is 0 Å². The fourth-order valence-electron chi connectivity index (χ4n) is 3.09. The third-order valence-corrected chi connectivity index (χ3v) is 5.08. The second-order valence-corrected chi connectivity index (χ2v) is 7.41. The fourth-order valence-corrected chi connectivity index (χ4v) is 3.70. The highest BCUT2D eigenvalue weighted by Gasteiger charge is 2.15. The minimum atomic E-state index is 0. The first-order chi connectivity index (χ1) is 14.2. The lowest BCUT2D eigenvalue weighted by atomic mass is 10.2. The Kier molecular flexibility index (Phi) is 7.90. The maximum Gasteiger partial charge on any atom is 0.175 e. The van der Waals surface area contributed by atoms with Crippen molar-refractivity contribution in [3.8, 4) is 23.0 Å². The van der Waals surface area contributed by atoms with Gasteiger partial charge >= 0.3 is 0 Å². The molecule has 1 aromatic heterocycles. The highest BCUT2D eigenvalue weighted by Crippen LogP contribution is 2.38. The SMILES string of the molecule is COc1cc(CNCc2ccco2)cc(Br)c1OCc1ccc2c(c1)OCCO2.Cl.